The Morgan fingerprint density at radius 3 is 2.45 bits per heavy atom. The number of imidazole rings is 1. The van der Waals surface area contributed by atoms with Gasteiger partial charge in [-0.25, -0.2) is 4.98 Å². The summed E-state index contributed by atoms with van der Waals surface area (Å²) in [7, 11) is 1.85. The molecule has 7 nitrogen and oxygen atoms in total. The summed E-state index contributed by atoms with van der Waals surface area (Å²) in [5, 5.41) is 10.1. The van der Waals surface area contributed by atoms with Gasteiger partial charge in [-0.05, 0) is 66.9 Å². The van der Waals surface area contributed by atoms with Crippen molar-refractivity contribution in [3.63, 3.8) is 0 Å². The Balaban J connectivity index is 1.33. The van der Waals surface area contributed by atoms with E-state index < -0.39 is 0 Å². The standard InChI is InChI=1S/C30H30BrCl2N5O2/c1-30(12-4-3-5-13-30)28(40)34-17-18-6-11-22(32)24(14-18)36-29-37-25-16-23(33)21(15-26(25)38(29)2)27(39)35-20-9-7-19(31)8-10-20/h6-11,14-16H,3-5,12-13,17H2,1-2H3,(H,34,40)(H,35,39)(H,36,37). The summed E-state index contributed by atoms with van der Waals surface area (Å²) < 4.78 is 2.76. The summed E-state index contributed by atoms with van der Waals surface area (Å²) in [4.78, 5) is 30.6. The van der Waals surface area contributed by atoms with Crippen molar-refractivity contribution in [1.82, 2.24) is 14.9 Å². The zero-order chi connectivity index (χ0) is 28.4. The molecular weight excluding hydrogens is 613 g/mol. The first kappa shape index (κ1) is 28.5. The van der Waals surface area contributed by atoms with Gasteiger partial charge in [0.2, 0.25) is 11.9 Å². The molecule has 1 heterocycles. The van der Waals surface area contributed by atoms with E-state index in [9.17, 15) is 9.59 Å². The van der Waals surface area contributed by atoms with Gasteiger partial charge in [-0.15, -0.1) is 0 Å². The van der Waals surface area contributed by atoms with Crippen LogP contribution in [0.4, 0.5) is 17.3 Å². The summed E-state index contributed by atoms with van der Waals surface area (Å²) in [6.45, 7) is 2.47. The molecule has 208 valence electrons. The summed E-state index contributed by atoms with van der Waals surface area (Å²) in [5.74, 6) is 0.322. The molecule has 0 bridgehead atoms. The zero-order valence-corrected chi connectivity index (χ0v) is 25.4. The summed E-state index contributed by atoms with van der Waals surface area (Å²) in [5.41, 5.74) is 3.66. The highest BCUT2D eigenvalue weighted by molar-refractivity contribution is 9.10. The normalized spacial score (nSPS) is 14.6. The molecule has 10 heteroatoms. The molecule has 0 atom stereocenters. The maximum absolute atomic E-state index is 13.0. The molecule has 0 saturated heterocycles. The van der Waals surface area contributed by atoms with E-state index in [0.29, 0.717) is 45.0 Å². The molecule has 1 aliphatic rings. The van der Waals surface area contributed by atoms with Crippen LogP contribution in [0.15, 0.2) is 59.1 Å². The molecule has 5 rings (SSSR count). The summed E-state index contributed by atoms with van der Waals surface area (Å²) in [6.07, 6.45) is 5.25. The van der Waals surface area contributed by atoms with Crippen molar-refractivity contribution < 1.29 is 9.59 Å². The SMILES string of the molecule is Cn1c(Nc2cc(CNC(=O)C3(C)CCCCC3)ccc2Cl)nc2cc(Cl)c(C(=O)Nc3ccc(Br)cc3)cc21. The van der Waals surface area contributed by atoms with E-state index >= 15 is 0 Å². The van der Waals surface area contributed by atoms with Crippen LogP contribution in [0.25, 0.3) is 11.0 Å². The van der Waals surface area contributed by atoms with Crippen molar-refractivity contribution in [2.24, 2.45) is 12.5 Å². The number of nitrogens with one attached hydrogen (secondary N) is 3. The van der Waals surface area contributed by atoms with Crippen LogP contribution >= 0.6 is 39.1 Å². The van der Waals surface area contributed by atoms with Gasteiger partial charge in [-0.2, -0.15) is 0 Å². The highest BCUT2D eigenvalue weighted by Crippen LogP contribution is 2.36. The van der Waals surface area contributed by atoms with Crippen molar-refractivity contribution in [2.75, 3.05) is 10.6 Å². The third kappa shape index (κ3) is 6.14. The molecule has 1 aromatic heterocycles. The van der Waals surface area contributed by atoms with Crippen LogP contribution in [-0.4, -0.2) is 21.4 Å². The first-order valence-corrected chi connectivity index (χ1v) is 14.7. The molecule has 0 aliphatic heterocycles. The van der Waals surface area contributed by atoms with Gasteiger partial charge in [0.05, 0.1) is 32.3 Å². The third-order valence-corrected chi connectivity index (χ3v) is 8.72. The number of rotatable bonds is 7. The van der Waals surface area contributed by atoms with E-state index in [-0.39, 0.29) is 17.2 Å². The fourth-order valence-corrected chi connectivity index (χ4v) is 5.76. The molecule has 1 fully saturated rings. The number of fused-ring (bicyclic) bond motifs is 1. The topological polar surface area (TPSA) is 88.1 Å². The van der Waals surface area contributed by atoms with Crippen LogP contribution in [0.1, 0.15) is 54.9 Å². The number of aryl methyl sites for hydroxylation is 1. The number of amides is 2. The highest BCUT2D eigenvalue weighted by Gasteiger charge is 2.34. The number of benzene rings is 3. The Labute approximate surface area is 251 Å². The minimum absolute atomic E-state index is 0.101. The van der Waals surface area contributed by atoms with Crippen molar-refractivity contribution in [3.05, 3.63) is 80.2 Å². The predicted octanol–water partition coefficient (Wildman–Crippen LogP) is 8.23. The van der Waals surface area contributed by atoms with Crippen LogP contribution in [0.5, 0.6) is 0 Å². The first-order chi connectivity index (χ1) is 19.1. The molecule has 1 aliphatic carbocycles. The van der Waals surface area contributed by atoms with Gasteiger partial charge in [0, 0.05) is 29.2 Å². The molecule has 0 radical (unpaired) electrons. The molecule has 3 N–H and O–H groups in total. The molecule has 0 spiro atoms. The molecule has 1 saturated carbocycles. The van der Waals surface area contributed by atoms with Gasteiger partial charge in [-0.1, -0.05) is 71.4 Å². The van der Waals surface area contributed by atoms with Crippen molar-refractivity contribution in [1.29, 1.82) is 0 Å². The fourth-order valence-electron chi connectivity index (χ4n) is 5.08. The van der Waals surface area contributed by atoms with Gasteiger partial charge in [0.15, 0.2) is 0 Å². The second kappa shape index (κ2) is 11.8. The lowest BCUT2D eigenvalue weighted by Crippen LogP contribution is -2.39. The lowest BCUT2D eigenvalue weighted by molar-refractivity contribution is -0.132. The van der Waals surface area contributed by atoms with Crippen LogP contribution in [0.3, 0.4) is 0 Å². The van der Waals surface area contributed by atoms with Gasteiger partial charge < -0.3 is 20.5 Å². The van der Waals surface area contributed by atoms with Crippen molar-refractivity contribution in [2.45, 2.75) is 45.6 Å². The lowest BCUT2D eigenvalue weighted by Gasteiger charge is -2.32. The van der Waals surface area contributed by atoms with Gasteiger partial charge >= 0.3 is 0 Å². The minimum Gasteiger partial charge on any atom is -0.352 e. The first-order valence-electron chi connectivity index (χ1n) is 13.2. The minimum atomic E-state index is -0.315. The average molecular weight is 643 g/mol. The zero-order valence-electron chi connectivity index (χ0n) is 22.3. The highest BCUT2D eigenvalue weighted by atomic mass is 79.9. The van der Waals surface area contributed by atoms with Gasteiger partial charge in [0.1, 0.15) is 0 Å². The Hall–Kier alpha value is -3.07. The van der Waals surface area contributed by atoms with Crippen molar-refractivity contribution >= 4 is 79.3 Å². The Bertz CT molecular complexity index is 1580. The number of carbonyl (C=O) groups excluding carboxylic acids is 2. The second-order valence-corrected chi connectivity index (χ2v) is 12.2. The number of carbonyl (C=O) groups is 2. The third-order valence-electron chi connectivity index (χ3n) is 7.55. The molecule has 40 heavy (non-hydrogen) atoms. The van der Waals surface area contributed by atoms with Gasteiger partial charge in [0.25, 0.3) is 5.91 Å². The number of halogens is 3. The Morgan fingerprint density at radius 2 is 1.73 bits per heavy atom. The average Bonchev–Trinajstić information content (AvgIpc) is 3.23. The summed E-state index contributed by atoms with van der Waals surface area (Å²) >= 11 is 16.4. The maximum atomic E-state index is 13.0. The Kier molecular flexibility index (Phi) is 8.40. The second-order valence-electron chi connectivity index (χ2n) is 10.5. The van der Waals surface area contributed by atoms with Crippen molar-refractivity contribution in [3.8, 4) is 0 Å². The van der Waals surface area contributed by atoms with Crippen LogP contribution in [-0.2, 0) is 18.4 Å². The molecule has 0 unspecified atom stereocenters. The number of aromatic nitrogens is 2. The van der Waals surface area contributed by atoms with E-state index in [1.807, 2.05) is 35.9 Å². The monoisotopic (exact) mass is 641 g/mol. The summed E-state index contributed by atoms with van der Waals surface area (Å²) in [6, 6.07) is 16.3. The Morgan fingerprint density at radius 1 is 1.00 bits per heavy atom. The quantitative estimate of drug-likeness (QED) is 0.189. The molecule has 2 amide bonds. The fraction of sp³-hybridized carbons (Fsp3) is 0.300. The smallest absolute Gasteiger partial charge is 0.257 e. The van der Waals surface area contributed by atoms with Gasteiger partial charge in [-0.3, -0.25) is 9.59 Å². The molecule has 3 aromatic carbocycles. The van der Waals surface area contributed by atoms with Crippen LogP contribution in [0.2, 0.25) is 10.0 Å². The van der Waals surface area contributed by atoms with Crippen LogP contribution in [0, 0.1) is 5.41 Å². The van der Waals surface area contributed by atoms with E-state index in [4.69, 9.17) is 23.2 Å². The maximum Gasteiger partial charge on any atom is 0.257 e. The van der Waals surface area contributed by atoms with E-state index in [0.717, 1.165) is 41.2 Å². The predicted molar refractivity (Wildman–Crippen MR) is 166 cm³/mol. The number of hydrogen-bond acceptors (Lipinski definition) is 4. The number of hydrogen-bond donors (Lipinski definition) is 3. The largest absolute Gasteiger partial charge is 0.352 e. The molecule has 4 aromatic rings. The lowest BCUT2D eigenvalue weighted by atomic mass is 9.75. The number of nitrogens with zero attached hydrogens (tertiary/aromatic N) is 2. The van der Waals surface area contributed by atoms with E-state index in [2.05, 4.69) is 43.8 Å². The van der Waals surface area contributed by atoms with Crippen LogP contribution < -0.4 is 16.0 Å². The van der Waals surface area contributed by atoms with E-state index in [1.165, 1.54) is 6.42 Å². The number of anilines is 3. The molecular formula is C30H30BrCl2N5O2. The van der Waals surface area contributed by atoms with E-state index in [1.54, 1.807) is 30.3 Å².